The minimum Gasteiger partial charge on any atom is -0.395 e. The average Bonchev–Trinajstić information content (AvgIpc) is 2.37. The lowest BCUT2D eigenvalue weighted by Gasteiger charge is -2.36. The lowest BCUT2D eigenvalue weighted by molar-refractivity contribution is -0.118. The molecule has 0 atom stereocenters. The van der Waals surface area contributed by atoms with Crippen LogP contribution >= 0.6 is 0 Å². The molecule has 1 aromatic carbocycles. The molecule has 21 heavy (non-hydrogen) atoms. The van der Waals surface area contributed by atoms with Crippen LogP contribution in [0.2, 0.25) is 0 Å². The quantitative estimate of drug-likeness (QED) is 0.750. The summed E-state index contributed by atoms with van der Waals surface area (Å²) >= 11 is 0. The summed E-state index contributed by atoms with van der Waals surface area (Å²) in [5.41, 5.74) is 1.07. The predicted molar refractivity (Wildman–Crippen MR) is 81.4 cm³/mol. The maximum atomic E-state index is 12.2. The van der Waals surface area contributed by atoms with Crippen molar-refractivity contribution in [3.63, 3.8) is 0 Å². The smallest absolute Gasteiger partial charge is 0.238 e. The van der Waals surface area contributed by atoms with Crippen LogP contribution in [0.15, 0.2) is 24.3 Å². The van der Waals surface area contributed by atoms with Gasteiger partial charge in [-0.2, -0.15) is 0 Å². The minimum absolute atomic E-state index is 0.0494. The molecule has 0 radical (unpaired) electrons. The van der Waals surface area contributed by atoms with Crippen molar-refractivity contribution < 1.29 is 14.7 Å². The van der Waals surface area contributed by atoms with Crippen molar-refractivity contribution in [2.75, 3.05) is 25.0 Å². The molecule has 0 heterocycles. The number of nitrogens with zero attached hydrogens (tertiary/aromatic N) is 1. The lowest BCUT2D eigenvalue weighted by Crippen LogP contribution is -2.45. The first-order chi connectivity index (χ1) is 10.1. The number of hydrogen-bond donors (Lipinski definition) is 2. The summed E-state index contributed by atoms with van der Waals surface area (Å²) < 4.78 is 0. The average molecular weight is 290 g/mol. The number of rotatable bonds is 7. The maximum Gasteiger partial charge on any atom is 0.238 e. The molecule has 1 saturated carbocycles. The first-order valence-corrected chi connectivity index (χ1v) is 7.36. The molecule has 0 bridgehead atoms. The van der Waals surface area contributed by atoms with Gasteiger partial charge in [-0.05, 0) is 31.9 Å². The summed E-state index contributed by atoms with van der Waals surface area (Å²) in [6, 6.07) is 7.40. The Bertz CT molecular complexity index is 512. The van der Waals surface area contributed by atoms with Gasteiger partial charge in [0.1, 0.15) is 0 Å². The molecule has 0 unspecified atom stereocenters. The van der Waals surface area contributed by atoms with Gasteiger partial charge in [-0.3, -0.25) is 14.5 Å². The monoisotopic (exact) mass is 290 g/mol. The summed E-state index contributed by atoms with van der Waals surface area (Å²) in [4.78, 5) is 25.7. The van der Waals surface area contributed by atoms with Gasteiger partial charge >= 0.3 is 0 Å². The molecule has 1 aromatic rings. The van der Waals surface area contributed by atoms with E-state index < -0.39 is 0 Å². The summed E-state index contributed by atoms with van der Waals surface area (Å²) in [7, 11) is 0. The topological polar surface area (TPSA) is 69.6 Å². The molecule has 1 aliphatic carbocycles. The molecular formula is C16H22N2O3. The van der Waals surface area contributed by atoms with Crippen LogP contribution in [-0.2, 0) is 4.79 Å². The van der Waals surface area contributed by atoms with Gasteiger partial charge in [0.25, 0.3) is 0 Å². The van der Waals surface area contributed by atoms with Crippen molar-refractivity contribution in [3.8, 4) is 0 Å². The molecule has 0 aliphatic heterocycles. The Morgan fingerprint density at radius 2 is 2.05 bits per heavy atom. The van der Waals surface area contributed by atoms with Crippen molar-refractivity contribution in [2.24, 2.45) is 0 Å². The van der Waals surface area contributed by atoms with Crippen LogP contribution in [-0.4, -0.2) is 47.4 Å². The van der Waals surface area contributed by atoms with E-state index in [0.717, 1.165) is 12.8 Å². The Kier molecular flexibility index (Phi) is 5.47. The molecule has 2 N–H and O–H groups in total. The minimum atomic E-state index is -0.149. The van der Waals surface area contributed by atoms with Crippen LogP contribution in [0.5, 0.6) is 0 Å². The number of para-hydroxylation sites is 1. The standard InChI is InChI=1S/C16H22N2O3/c1-12(20)14-7-2-3-8-15(14)17-16(21)11-18(9-10-19)13-5-4-6-13/h2-3,7-8,13,19H,4-6,9-11H2,1H3,(H,17,21). The van der Waals surface area contributed by atoms with Gasteiger partial charge in [-0.1, -0.05) is 18.6 Å². The molecule has 0 spiro atoms. The highest BCUT2D eigenvalue weighted by atomic mass is 16.3. The fraction of sp³-hybridized carbons (Fsp3) is 0.500. The van der Waals surface area contributed by atoms with E-state index in [0.29, 0.717) is 23.8 Å². The Morgan fingerprint density at radius 1 is 1.33 bits per heavy atom. The summed E-state index contributed by atoms with van der Waals surface area (Å²) in [5.74, 6) is -0.221. The number of aliphatic hydroxyl groups excluding tert-OH is 1. The first kappa shape index (κ1) is 15.7. The molecule has 1 aliphatic rings. The van der Waals surface area contributed by atoms with Crippen molar-refractivity contribution in [2.45, 2.75) is 32.2 Å². The number of amides is 1. The van der Waals surface area contributed by atoms with E-state index in [4.69, 9.17) is 5.11 Å². The molecule has 0 saturated heterocycles. The van der Waals surface area contributed by atoms with Crippen LogP contribution in [0.25, 0.3) is 0 Å². The third-order valence-electron chi connectivity index (χ3n) is 3.91. The van der Waals surface area contributed by atoms with Gasteiger partial charge in [0.05, 0.1) is 18.8 Å². The molecule has 1 fully saturated rings. The normalized spacial score (nSPS) is 14.8. The van der Waals surface area contributed by atoms with Crippen LogP contribution in [0.4, 0.5) is 5.69 Å². The Labute approximate surface area is 125 Å². The van der Waals surface area contributed by atoms with Crippen molar-refractivity contribution in [1.29, 1.82) is 0 Å². The van der Waals surface area contributed by atoms with Crippen LogP contribution in [0.1, 0.15) is 36.5 Å². The van der Waals surface area contributed by atoms with Gasteiger partial charge in [0.15, 0.2) is 5.78 Å². The van der Waals surface area contributed by atoms with Gasteiger partial charge in [0.2, 0.25) is 5.91 Å². The Hall–Kier alpha value is -1.72. The summed E-state index contributed by atoms with van der Waals surface area (Å²) in [6.45, 7) is 2.29. The van der Waals surface area contributed by atoms with Crippen molar-refractivity contribution in [3.05, 3.63) is 29.8 Å². The van der Waals surface area contributed by atoms with E-state index in [1.165, 1.54) is 13.3 Å². The predicted octanol–water partition coefficient (Wildman–Crippen LogP) is 1.67. The van der Waals surface area contributed by atoms with E-state index >= 15 is 0 Å². The second-order valence-corrected chi connectivity index (χ2v) is 5.43. The number of Topliss-reactive ketones (excluding diaryl/α,β-unsaturated/α-hetero) is 1. The van der Waals surface area contributed by atoms with Crippen LogP contribution in [0.3, 0.4) is 0 Å². The highest BCUT2D eigenvalue weighted by molar-refractivity contribution is 6.04. The highest BCUT2D eigenvalue weighted by Gasteiger charge is 2.26. The van der Waals surface area contributed by atoms with E-state index in [1.54, 1.807) is 24.3 Å². The molecule has 1 amide bonds. The Balaban J connectivity index is 1.98. The summed E-state index contributed by atoms with van der Waals surface area (Å²) in [5, 5.41) is 11.9. The Morgan fingerprint density at radius 3 is 2.62 bits per heavy atom. The second-order valence-electron chi connectivity index (χ2n) is 5.43. The zero-order valence-corrected chi connectivity index (χ0v) is 12.3. The van der Waals surface area contributed by atoms with E-state index in [-0.39, 0.29) is 24.8 Å². The number of hydrogen-bond acceptors (Lipinski definition) is 4. The van der Waals surface area contributed by atoms with Crippen molar-refractivity contribution >= 4 is 17.4 Å². The number of carbonyl (C=O) groups excluding carboxylic acids is 2. The highest BCUT2D eigenvalue weighted by Crippen LogP contribution is 2.24. The summed E-state index contributed by atoms with van der Waals surface area (Å²) in [6.07, 6.45) is 3.34. The van der Waals surface area contributed by atoms with Gasteiger partial charge in [0, 0.05) is 18.2 Å². The number of carbonyl (C=O) groups is 2. The number of nitrogens with one attached hydrogen (secondary N) is 1. The second kappa shape index (κ2) is 7.33. The van der Waals surface area contributed by atoms with Crippen LogP contribution in [0, 0.1) is 0 Å². The fourth-order valence-corrected chi connectivity index (χ4v) is 2.54. The molecule has 0 aromatic heterocycles. The molecule has 5 heteroatoms. The van der Waals surface area contributed by atoms with E-state index in [1.807, 2.05) is 4.90 Å². The first-order valence-electron chi connectivity index (χ1n) is 7.36. The number of benzene rings is 1. The third-order valence-corrected chi connectivity index (χ3v) is 3.91. The van der Waals surface area contributed by atoms with Crippen molar-refractivity contribution in [1.82, 2.24) is 4.90 Å². The van der Waals surface area contributed by atoms with Crippen LogP contribution < -0.4 is 5.32 Å². The maximum absolute atomic E-state index is 12.2. The van der Waals surface area contributed by atoms with E-state index in [2.05, 4.69) is 5.32 Å². The van der Waals surface area contributed by atoms with Gasteiger partial charge in [-0.15, -0.1) is 0 Å². The zero-order valence-electron chi connectivity index (χ0n) is 12.3. The molecule has 5 nitrogen and oxygen atoms in total. The van der Waals surface area contributed by atoms with Gasteiger partial charge < -0.3 is 10.4 Å². The molecule has 114 valence electrons. The number of aliphatic hydroxyl groups is 1. The zero-order chi connectivity index (χ0) is 15.2. The van der Waals surface area contributed by atoms with Gasteiger partial charge in [-0.25, -0.2) is 0 Å². The molecular weight excluding hydrogens is 268 g/mol. The SMILES string of the molecule is CC(=O)c1ccccc1NC(=O)CN(CCO)C1CCC1. The largest absolute Gasteiger partial charge is 0.395 e. The lowest BCUT2D eigenvalue weighted by atomic mass is 9.91. The third kappa shape index (κ3) is 4.12. The van der Waals surface area contributed by atoms with E-state index in [9.17, 15) is 9.59 Å². The fourth-order valence-electron chi connectivity index (χ4n) is 2.54. The molecule has 2 rings (SSSR count). The number of anilines is 1. The number of ketones is 1.